The summed E-state index contributed by atoms with van der Waals surface area (Å²) in [5, 5.41) is 17.8. The van der Waals surface area contributed by atoms with Gasteiger partial charge in [-0.3, -0.25) is 0 Å². The van der Waals surface area contributed by atoms with Gasteiger partial charge in [-0.05, 0) is 12.1 Å². The molecule has 0 radical (unpaired) electrons. The van der Waals surface area contributed by atoms with Crippen LogP contribution in [-0.2, 0) is 10.0 Å². The molecule has 3 N–H and O–H groups in total. The van der Waals surface area contributed by atoms with Gasteiger partial charge in [-0.1, -0.05) is 13.8 Å². The van der Waals surface area contributed by atoms with Crippen LogP contribution >= 0.6 is 0 Å². The fraction of sp³-hybridized carbons (Fsp3) is 0.417. The average Bonchev–Trinajstić information content (AvgIpc) is 2.39. The largest absolute Gasteiger partial charge is 0.478 e. The fourth-order valence-electron chi connectivity index (χ4n) is 1.31. The summed E-state index contributed by atoms with van der Waals surface area (Å²) in [6.45, 7) is 2.55. The van der Waals surface area contributed by atoms with E-state index in [0.717, 1.165) is 0 Å². The molecule has 6 nitrogen and oxygen atoms in total. The molecule has 0 aliphatic heterocycles. The SMILES string of the molecule is CC(C)(CO)CNS(=O)(=O)c1cc(C(=O)O)cc(F)c1F. The topological polar surface area (TPSA) is 104 Å². The van der Waals surface area contributed by atoms with Crippen molar-refractivity contribution in [1.82, 2.24) is 4.72 Å². The van der Waals surface area contributed by atoms with Crippen LogP contribution in [0.5, 0.6) is 0 Å². The predicted octanol–water partition coefficient (Wildman–Crippen LogP) is 0.960. The first-order valence-electron chi connectivity index (χ1n) is 5.83. The van der Waals surface area contributed by atoms with Gasteiger partial charge in [0, 0.05) is 18.6 Å². The van der Waals surface area contributed by atoms with Crippen LogP contribution < -0.4 is 4.72 Å². The van der Waals surface area contributed by atoms with Crippen molar-refractivity contribution < 1.29 is 32.2 Å². The quantitative estimate of drug-likeness (QED) is 0.723. The maximum absolute atomic E-state index is 13.6. The van der Waals surface area contributed by atoms with Crippen LogP contribution in [-0.4, -0.2) is 37.8 Å². The van der Waals surface area contributed by atoms with E-state index < -0.39 is 43.5 Å². The maximum Gasteiger partial charge on any atom is 0.335 e. The number of aromatic carboxylic acids is 1. The second-order valence-electron chi connectivity index (χ2n) is 5.22. The van der Waals surface area contributed by atoms with Gasteiger partial charge in [-0.2, -0.15) is 0 Å². The average molecular weight is 323 g/mol. The number of carboxylic acids is 1. The van der Waals surface area contributed by atoms with Gasteiger partial charge in [0.05, 0.1) is 5.56 Å². The van der Waals surface area contributed by atoms with Gasteiger partial charge in [0.25, 0.3) is 0 Å². The molecule has 0 saturated heterocycles. The van der Waals surface area contributed by atoms with Crippen molar-refractivity contribution in [3.63, 3.8) is 0 Å². The van der Waals surface area contributed by atoms with Gasteiger partial charge < -0.3 is 10.2 Å². The number of aliphatic hydroxyl groups is 1. The van der Waals surface area contributed by atoms with Crippen molar-refractivity contribution in [2.45, 2.75) is 18.7 Å². The number of rotatable bonds is 6. The Morgan fingerprint density at radius 3 is 2.38 bits per heavy atom. The number of sulfonamides is 1. The van der Waals surface area contributed by atoms with Gasteiger partial charge in [-0.15, -0.1) is 0 Å². The molecule has 1 aromatic rings. The third-order valence-electron chi connectivity index (χ3n) is 2.70. The highest BCUT2D eigenvalue weighted by Gasteiger charge is 2.27. The zero-order valence-electron chi connectivity index (χ0n) is 11.4. The van der Waals surface area contributed by atoms with Crippen molar-refractivity contribution in [2.24, 2.45) is 5.41 Å². The smallest absolute Gasteiger partial charge is 0.335 e. The predicted molar refractivity (Wildman–Crippen MR) is 69.4 cm³/mol. The summed E-state index contributed by atoms with van der Waals surface area (Å²) in [5.41, 5.74) is -1.50. The zero-order valence-corrected chi connectivity index (χ0v) is 12.2. The van der Waals surface area contributed by atoms with Crippen molar-refractivity contribution in [1.29, 1.82) is 0 Å². The van der Waals surface area contributed by atoms with Crippen molar-refractivity contribution >= 4 is 16.0 Å². The van der Waals surface area contributed by atoms with Crippen LogP contribution in [0.1, 0.15) is 24.2 Å². The molecule has 0 unspecified atom stereocenters. The van der Waals surface area contributed by atoms with Crippen LogP contribution in [0, 0.1) is 17.0 Å². The van der Waals surface area contributed by atoms with Gasteiger partial charge in [0.2, 0.25) is 10.0 Å². The Hall–Kier alpha value is -1.58. The Morgan fingerprint density at radius 2 is 1.90 bits per heavy atom. The molecule has 0 amide bonds. The molecular formula is C12H15F2NO5S. The highest BCUT2D eigenvalue weighted by Crippen LogP contribution is 2.21. The van der Waals surface area contributed by atoms with E-state index in [1.807, 2.05) is 4.72 Å². The van der Waals surface area contributed by atoms with Crippen molar-refractivity contribution in [3.8, 4) is 0 Å². The van der Waals surface area contributed by atoms with Crippen LogP contribution in [0.4, 0.5) is 8.78 Å². The zero-order chi connectivity index (χ0) is 16.4. The maximum atomic E-state index is 13.6. The minimum absolute atomic E-state index is 0.232. The van der Waals surface area contributed by atoms with E-state index in [9.17, 15) is 22.0 Å². The molecule has 0 aliphatic rings. The van der Waals surface area contributed by atoms with Crippen LogP contribution in [0.15, 0.2) is 17.0 Å². The molecule has 0 bridgehead atoms. The minimum atomic E-state index is -4.45. The Morgan fingerprint density at radius 1 is 1.33 bits per heavy atom. The van der Waals surface area contributed by atoms with E-state index in [-0.39, 0.29) is 13.2 Å². The number of carbonyl (C=O) groups is 1. The molecule has 0 saturated carbocycles. The normalized spacial score (nSPS) is 12.4. The number of halogens is 2. The Balaban J connectivity index is 3.22. The number of nitrogens with one attached hydrogen (secondary N) is 1. The molecule has 0 aromatic heterocycles. The summed E-state index contributed by atoms with van der Waals surface area (Å²) in [6.07, 6.45) is 0. The molecule has 0 spiro atoms. The fourth-order valence-corrected chi connectivity index (χ4v) is 2.66. The van der Waals surface area contributed by atoms with Gasteiger partial charge >= 0.3 is 5.97 Å². The molecule has 0 atom stereocenters. The second kappa shape index (κ2) is 6.04. The molecule has 0 fully saturated rings. The number of hydrogen-bond acceptors (Lipinski definition) is 4. The number of benzene rings is 1. The molecule has 1 rings (SSSR count). The lowest BCUT2D eigenvalue weighted by atomic mass is 9.96. The van der Waals surface area contributed by atoms with E-state index >= 15 is 0 Å². The summed E-state index contributed by atoms with van der Waals surface area (Å²) in [7, 11) is -4.45. The lowest BCUT2D eigenvalue weighted by molar-refractivity contribution is 0.0696. The molecule has 0 heterocycles. The monoisotopic (exact) mass is 323 g/mol. The van der Waals surface area contributed by atoms with Gasteiger partial charge in [0.15, 0.2) is 11.6 Å². The van der Waals surface area contributed by atoms with E-state index in [0.29, 0.717) is 12.1 Å². The lowest BCUT2D eigenvalue weighted by Crippen LogP contribution is -2.36. The first kappa shape index (κ1) is 17.5. The first-order valence-corrected chi connectivity index (χ1v) is 7.31. The summed E-state index contributed by atoms with van der Waals surface area (Å²) >= 11 is 0. The minimum Gasteiger partial charge on any atom is -0.478 e. The Kier molecular flexibility index (Phi) is 5.03. The van der Waals surface area contributed by atoms with Crippen LogP contribution in [0.25, 0.3) is 0 Å². The third kappa shape index (κ3) is 4.19. The summed E-state index contributed by atoms with van der Waals surface area (Å²) in [6, 6.07) is 0.934. The standard InChI is InChI=1S/C12H15F2NO5S/c1-12(2,6-16)5-15-21(19,20)9-4-7(11(17)18)3-8(13)10(9)14/h3-4,15-16H,5-6H2,1-2H3,(H,17,18). The summed E-state index contributed by atoms with van der Waals surface area (Å²) in [5.74, 6) is -4.81. The summed E-state index contributed by atoms with van der Waals surface area (Å²) in [4.78, 5) is 9.68. The first-order chi connectivity index (χ1) is 9.50. The molecule has 21 heavy (non-hydrogen) atoms. The van der Waals surface area contributed by atoms with Crippen LogP contribution in [0.3, 0.4) is 0 Å². The number of aliphatic hydroxyl groups excluding tert-OH is 1. The van der Waals surface area contributed by atoms with Crippen molar-refractivity contribution in [3.05, 3.63) is 29.3 Å². The van der Waals surface area contributed by atoms with E-state index in [1.165, 1.54) is 0 Å². The van der Waals surface area contributed by atoms with E-state index in [4.69, 9.17) is 10.2 Å². The highest BCUT2D eigenvalue weighted by molar-refractivity contribution is 7.89. The molecule has 118 valence electrons. The third-order valence-corrected chi connectivity index (χ3v) is 4.10. The Bertz CT molecular complexity index is 658. The van der Waals surface area contributed by atoms with E-state index in [1.54, 1.807) is 13.8 Å². The lowest BCUT2D eigenvalue weighted by Gasteiger charge is -2.21. The highest BCUT2D eigenvalue weighted by atomic mass is 32.2. The molecule has 1 aromatic carbocycles. The second-order valence-corrected chi connectivity index (χ2v) is 6.96. The Labute approximate surface area is 120 Å². The van der Waals surface area contributed by atoms with Crippen LogP contribution in [0.2, 0.25) is 0 Å². The molecular weight excluding hydrogens is 308 g/mol. The molecule has 9 heteroatoms. The summed E-state index contributed by atoms with van der Waals surface area (Å²) < 4.78 is 52.8. The van der Waals surface area contributed by atoms with Crippen molar-refractivity contribution in [2.75, 3.05) is 13.2 Å². The number of carboxylic acid groups (broad SMARTS) is 1. The molecule has 0 aliphatic carbocycles. The number of hydrogen-bond donors (Lipinski definition) is 3. The van der Waals surface area contributed by atoms with Gasteiger partial charge in [0.1, 0.15) is 4.90 Å². The van der Waals surface area contributed by atoms with E-state index in [2.05, 4.69) is 0 Å². The van der Waals surface area contributed by atoms with Gasteiger partial charge in [-0.25, -0.2) is 26.7 Å².